The van der Waals surface area contributed by atoms with Crippen LogP contribution in [0.15, 0.2) is 24.3 Å². The van der Waals surface area contributed by atoms with E-state index in [4.69, 9.17) is 5.26 Å². The number of ketones is 1. The van der Waals surface area contributed by atoms with E-state index in [2.05, 4.69) is 29.7 Å². The maximum absolute atomic E-state index is 9.82. The third kappa shape index (κ3) is 10.3. The van der Waals surface area contributed by atoms with Gasteiger partial charge in [-0.2, -0.15) is 5.26 Å². The van der Waals surface area contributed by atoms with E-state index in [1.165, 1.54) is 39.0 Å². The fourth-order valence-corrected chi connectivity index (χ4v) is 3.43. The zero-order chi connectivity index (χ0) is 20.8. The Balaban J connectivity index is 0.000000251. The molecule has 156 valence electrons. The zero-order valence-corrected chi connectivity index (χ0v) is 17.9. The van der Waals surface area contributed by atoms with E-state index >= 15 is 0 Å². The molecule has 3 rings (SSSR count). The van der Waals surface area contributed by atoms with Crippen LogP contribution in [-0.2, 0) is 4.79 Å². The number of benzene rings is 1. The van der Waals surface area contributed by atoms with Crippen LogP contribution in [-0.4, -0.2) is 48.5 Å². The summed E-state index contributed by atoms with van der Waals surface area (Å²) in [7, 11) is 0. The second-order valence-corrected chi connectivity index (χ2v) is 7.72. The van der Waals surface area contributed by atoms with E-state index in [9.17, 15) is 9.90 Å². The highest BCUT2D eigenvalue weighted by molar-refractivity contribution is 5.77. The number of Topliss-reactive ketones (excluding diaryl/α,β-unsaturated/α-hetero) is 1. The summed E-state index contributed by atoms with van der Waals surface area (Å²) >= 11 is 0. The van der Waals surface area contributed by atoms with Crippen molar-refractivity contribution < 1.29 is 9.90 Å². The lowest BCUT2D eigenvalue weighted by molar-refractivity contribution is -0.116. The Hall–Kier alpha value is -2.06. The molecule has 5 heteroatoms. The number of rotatable bonds is 3. The van der Waals surface area contributed by atoms with E-state index < -0.39 is 0 Å². The van der Waals surface area contributed by atoms with Crippen LogP contribution in [0.5, 0.6) is 5.75 Å². The maximum atomic E-state index is 9.82. The molecule has 1 N–H and O–H groups in total. The summed E-state index contributed by atoms with van der Waals surface area (Å²) in [5.74, 6) is 1.32. The van der Waals surface area contributed by atoms with Gasteiger partial charge in [-0.3, -0.25) is 4.79 Å². The first-order valence-corrected chi connectivity index (χ1v) is 10.6. The highest BCUT2D eigenvalue weighted by Gasteiger charge is 2.15. The smallest absolute Gasteiger partial charge is 0.143 e. The maximum Gasteiger partial charge on any atom is 0.143 e. The third-order valence-corrected chi connectivity index (χ3v) is 5.24. The average Bonchev–Trinajstić information content (AvgIpc) is 2.69. The van der Waals surface area contributed by atoms with E-state index in [-0.39, 0.29) is 12.2 Å². The molecule has 5 nitrogen and oxygen atoms in total. The van der Waals surface area contributed by atoms with Crippen LogP contribution in [0.25, 0.3) is 0 Å². The molecule has 0 bridgehead atoms. The van der Waals surface area contributed by atoms with Crippen LogP contribution >= 0.6 is 0 Å². The summed E-state index contributed by atoms with van der Waals surface area (Å²) in [4.78, 5) is 14.6. The summed E-state index contributed by atoms with van der Waals surface area (Å²) in [6.45, 7) is 11.4. The van der Waals surface area contributed by atoms with E-state index in [0.717, 1.165) is 44.3 Å². The van der Waals surface area contributed by atoms with Crippen molar-refractivity contribution in [2.24, 2.45) is 5.92 Å². The molecule has 2 aliphatic rings. The molecule has 0 aromatic heterocycles. The van der Waals surface area contributed by atoms with E-state index in [1.54, 1.807) is 12.1 Å². The zero-order valence-electron chi connectivity index (χ0n) is 17.9. The van der Waals surface area contributed by atoms with Crippen molar-refractivity contribution in [3.8, 4) is 11.8 Å². The first-order valence-electron chi connectivity index (χ1n) is 10.6. The molecule has 2 fully saturated rings. The molecule has 1 aliphatic heterocycles. The lowest BCUT2D eigenvalue weighted by Gasteiger charge is -2.35. The van der Waals surface area contributed by atoms with Gasteiger partial charge in [0.2, 0.25) is 0 Å². The van der Waals surface area contributed by atoms with Gasteiger partial charge in [-0.05, 0) is 31.5 Å². The fraction of sp³-hybridized carbons (Fsp3) is 0.652. The van der Waals surface area contributed by atoms with Crippen molar-refractivity contribution in [3.05, 3.63) is 24.3 Å². The highest BCUT2D eigenvalue weighted by atomic mass is 16.3. The molecule has 0 spiro atoms. The van der Waals surface area contributed by atoms with Crippen LogP contribution in [0.2, 0.25) is 0 Å². The monoisotopic (exact) mass is 387 g/mol. The van der Waals surface area contributed by atoms with Crippen LogP contribution < -0.4 is 4.90 Å². The molecule has 0 unspecified atom stereocenters. The number of piperazine rings is 1. The molecular weight excluding hydrogens is 350 g/mol. The van der Waals surface area contributed by atoms with Crippen LogP contribution in [0, 0.1) is 17.2 Å². The number of hydrogen-bond donors (Lipinski definition) is 1. The minimum absolute atomic E-state index is 0.0417. The topological polar surface area (TPSA) is 67.6 Å². The van der Waals surface area contributed by atoms with E-state index in [1.807, 2.05) is 12.1 Å². The molecule has 1 aromatic carbocycles. The minimum Gasteiger partial charge on any atom is -0.508 e. The third-order valence-electron chi connectivity index (χ3n) is 5.24. The highest BCUT2D eigenvalue weighted by Crippen LogP contribution is 2.22. The Kier molecular flexibility index (Phi) is 12.0. The summed E-state index contributed by atoms with van der Waals surface area (Å²) in [5, 5.41) is 17.2. The number of aromatic hydroxyl groups is 1. The van der Waals surface area contributed by atoms with Gasteiger partial charge < -0.3 is 14.9 Å². The summed E-state index contributed by atoms with van der Waals surface area (Å²) in [5.41, 5.74) is 1.13. The number of hydrogen-bond acceptors (Lipinski definition) is 5. The van der Waals surface area contributed by atoms with Crippen LogP contribution in [0.3, 0.4) is 0 Å². The standard InChI is InChI=1S/C12H18N2O.C7H14.C4H5NO/c1-2-13-6-8-14(9-7-13)11-4-3-5-12(15)10-11;1-7-5-3-2-4-6-7;1-4(6)2-3-5/h3-5,10,15H,2,6-9H2,1H3;7H,2-6H2,1H3;2H2,1H3. The van der Waals surface area contributed by atoms with Crippen molar-refractivity contribution in [1.82, 2.24) is 4.90 Å². The van der Waals surface area contributed by atoms with E-state index in [0.29, 0.717) is 5.75 Å². The number of nitrogens with zero attached hydrogens (tertiary/aromatic N) is 3. The molecule has 1 saturated heterocycles. The molecule has 1 heterocycles. The molecule has 0 amide bonds. The van der Waals surface area contributed by atoms with Gasteiger partial charge in [0.25, 0.3) is 0 Å². The Morgan fingerprint density at radius 3 is 2.21 bits per heavy atom. The molecule has 1 aliphatic carbocycles. The van der Waals surface area contributed by atoms with Gasteiger partial charge in [0.05, 0.1) is 12.5 Å². The first kappa shape index (κ1) is 24.0. The lowest BCUT2D eigenvalue weighted by Crippen LogP contribution is -2.46. The Morgan fingerprint density at radius 1 is 1.18 bits per heavy atom. The Labute approximate surface area is 171 Å². The van der Waals surface area contributed by atoms with Crippen molar-refractivity contribution in [2.75, 3.05) is 37.6 Å². The second-order valence-electron chi connectivity index (χ2n) is 7.72. The van der Waals surface area contributed by atoms with Gasteiger partial charge in [0, 0.05) is 37.9 Å². The normalized spacial score (nSPS) is 17.4. The number of carbonyl (C=O) groups is 1. The SMILES string of the molecule is CC(=O)CC#N.CC1CCCCC1.CCN1CCN(c2cccc(O)c2)CC1. The molecular formula is C23H37N3O2. The van der Waals surface area contributed by atoms with Gasteiger partial charge in [-0.15, -0.1) is 0 Å². The van der Waals surface area contributed by atoms with Gasteiger partial charge in [0.1, 0.15) is 11.5 Å². The number of carbonyl (C=O) groups excluding carboxylic acids is 1. The predicted molar refractivity (Wildman–Crippen MR) is 116 cm³/mol. The first-order chi connectivity index (χ1) is 13.5. The van der Waals surface area contributed by atoms with Crippen molar-refractivity contribution in [1.29, 1.82) is 5.26 Å². The second kappa shape index (κ2) is 14.0. The Morgan fingerprint density at radius 2 is 1.82 bits per heavy atom. The molecule has 1 aromatic rings. The van der Waals surface area contributed by atoms with Crippen LogP contribution in [0.4, 0.5) is 5.69 Å². The molecule has 0 atom stereocenters. The summed E-state index contributed by atoms with van der Waals surface area (Å²) in [6, 6.07) is 9.22. The largest absolute Gasteiger partial charge is 0.508 e. The van der Waals surface area contributed by atoms with Gasteiger partial charge >= 0.3 is 0 Å². The Bertz CT molecular complexity index is 598. The van der Waals surface area contributed by atoms with Crippen molar-refractivity contribution in [3.63, 3.8) is 0 Å². The van der Waals surface area contributed by atoms with Gasteiger partial charge in [-0.1, -0.05) is 52.0 Å². The van der Waals surface area contributed by atoms with Crippen molar-refractivity contribution in [2.45, 2.75) is 59.3 Å². The fourth-order valence-electron chi connectivity index (χ4n) is 3.43. The number of likely N-dealkylation sites (N-methyl/N-ethyl adjacent to an activating group) is 1. The summed E-state index contributed by atoms with van der Waals surface area (Å²) in [6.07, 6.45) is 7.48. The lowest BCUT2D eigenvalue weighted by atomic mass is 9.91. The predicted octanol–water partition coefficient (Wildman–Crippen LogP) is 4.61. The number of phenolic OH excluding ortho intramolecular Hbond substituents is 1. The van der Waals surface area contributed by atoms with Gasteiger partial charge in [-0.25, -0.2) is 0 Å². The average molecular weight is 388 g/mol. The number of phenols is 1. The molecule has 28 heavy (non-hydrogen) atoms. The quantitative estimate of drug-likeness (QED) is 0.820. The minimum atomic E-state index is -0.0718. The van der Waals surface area contributed by atoms with Crippen LogP contribution in [0.1, 0.15) is 59.3 Å². The van der Waals surface area contributed by atoms with Gasteiger partial charge in [0.15, 0.2) is 0 Å². The number of anilines is 1. The molecule has 0 radical (unpaired) electrons. The number of nitriles is 1. The van der Waals surface area contributed by atoms with Crippen molar-refractivity contribution >= 4 is 11.5 Å². The molecule has 1 saturated carbocycles. The summed E-state index contributed by atoms with van der Waals surface area (Å²) < 4.78 is 0.